The summed E-state index contributed by atoms with van der Waals surface area (Å²) in [6.45, 7) is 2.94. The van der Waals surface area contributed by atoms with Crippen molar-refractivity contribution in [3.8, 4) is 0 Å². The van der Waals surface area contributed by atoms with Gasteiger partial charge in [-0.15, -0.1) is 11.3 Å². The number of rotatable bonds is 6. The van der Waals surface area contributed by atoms with Crippen LogP contribution in [-0.2, 0) is 9.53 Å². The molecule has 0 aliphatic heterocycles. The molecule has 6 heteroatoms. The molecule has 0 aliphatic rings. The molecule has 0 amide bonds. The van der Waals surface area contributed by atoms with Crippen molar-refractivity contribution in [3.05, 3.63) is 10.5 Å². The van der Waals surface area contributed by atoms with Gasteiger partial charge >= 0.3 is 5.97 Å². The van der Waals surface area contributed by atoms with E-state index >= 15 is 0 Å². The Morgan fingerprint density at radius 2 is 2.53 bits per heavy atom. The quantitative estimate of drug-likeness (QED) is 0.621. The molecular weight excluding hydrogens is 236 g/mol. The van der Waals surface area contributed by atoms with Gasteiger partial charge in [-0.25, -0.2) is 4.98 Å². The highest BCUT2D eigenvalue weighted by Crippen LogP contribution is 2.18. The number of hydrogen-bond donors (Lipinski definition) is 1. The third kappa shape index (κ3) is 4.99. The molecule has 0 spiro atoms. The maximum absolute atomic E-state index is 11.0. The fourth-order valence-corrected chi connectivity index (χ4v) is 1.86. The molecule has 84 valence electrons. The molecule has 0 aromatic carbocycles. The number of aromatic nitrogens is 1. The Kier molecular flexibility index (Phi) is 5.42. The Balaban J connectivity index is 2.09. The topological polar surface area (TPSA) is 51.2 Å². The minimum Gasteiger partial charge on any atom is -0.466 e. The Labute approximate surface area is 97.6 Å². The number of carbonyl (C=O) groups excluding carboxylic acids is 1. The molecule has 0 saturated carbocycles. The van der Waals surface area contributed by atoms with Gasteiger partial charge in [0.1, 0.15) is 5.15 Å². The van der Waals surface area contributed by atoms with Gasteiger partial charge in [-0.05, 0) is 13.3 Å². The van der Waals surface area contributed by atoms with Gasteiger partial charge in [0.05, 0.1) is 6.61 Å². The first kappa shape index (κ1) is 12.3. The van der Waals surface area contributed by atoms with Crippen LogP contribution in [-0.4, -0.2) is 24.1 Å². The second-order valence-electron chi connectivity index (χ2n) is 2.81. The van der Waals surface area contributed by atoms with Crippen LogP contribution in [0.2, 0.25) is 5.15 Å². The van der Waals surface area contributed by atoms with E-state index in [1.807, 2.05) is 0 Å². The van der Waals surface area contributed by atoms with Gasteiger partial charge in [0.15, 0.2) is 5.13 Å². The number of nitrogens with one attached hydrogen (secondary N) is 1. The summed E-state index contributed by atoms with van der Waals surface area (Å²) < 4.78 is 4.80. The van der Waals surface area contributed by atoms with Crippen molar-refractivity contribution in [1.82, 2.24) is 4.98 Å². The molecule has 4 nitrogen and oxygen atoms in total. The van der Waals surface area contributed by atoms with Crippen LogP contribution in [0.15, 0.2) is 5.38 Å². The number of carbonyl (C=O) groups is 1. The van der Waals surface area contributed by atoms with Crippen LogP contribution in [0.1, 0.15) is 19.8 Å². The van der Waals surface area contributed by atoms with Crippen LogP contribution in [0.5, 0.6) is 0 Å². The van der Waals surface area contributed by atoms with E-state index in [2.05, 4.69) is 10.3 Å². The van der Waals surface area contributed by atoms with Crippen molar-refractivity contribution in [2.75, 3.05) is 18.5 Å². The molecule has 0 radical (unpaired) electrons. The summed E-state index contributed by atoms with van der Waals surface area (Å²) >= 11 is 7.10. The van der Waals surface area contributed by atoms with E-state index < -0.39 is 0 Å². The number of esters is 1. The summed E-state index contributed by atoms with van der Waals surface area (Å²) in [5, 5.41) is 6.11. The molecule has 0 fully saturated rings. The molecule has 1 heterocycles. The van der Waals surface area contributed by atoms with Crippen molar-refractivity contribution < 1.29 is 9.53 Å². The lowest BCUT2D eigenvalue weighted by molar-refractivity contribution is -0.143. The number of nitrogens with zero attached hydrogens (tertiary/aromatic N) is 1. The number of thiazole rings is 1. The van der Waals surface area contributed by atoms with Crippen LogP contribution in [0.25, 0.3) is 0 Å². The first-order valence-electron chi connectivity index (χ1n) is 4.73. The fraction of sp³-hybridized carbons (Fsp3) is 0.556. The second-order valence-corrected chi connectivity index (χ2v) is 4.06. The highest BCUT2D eigenvalue weighted by molar-refractivity contribution is 7.14. The van der Waals surface area contributed by atoms with Gasteiger partial charge in [-0.1, -0.05) is 11.6 Å². The first-order valence-corrected chi connectivity index (χ1v) is 5.98. The highest BCUT2D eigenvalue weighted by atomic mass is 35.5. The normalized spacial score (nSPS) is 10.0. The van der Waals surface area contributed by atoms with Crippen LogP contribution in [0.3, 0.4) is 0 Å². The van der Waals surface area contributed by atoms with Gasteiger partial charge in [-0.2, -0.15) is 0 Å². The third-order valence-electron chi connectivity index (χ3n) is 1.62. The summed E-state index contributed by atoms with van der Waals surface area (Å²) in [6.07, 6.45) is 1.16. The van der Waals surface area contributed by atoms with E-state index in [-0.39, 0.29) is 5.97 Å². The van der Waals surface area contributed by atoms with Crippen LogP contribution in [0.4, 0.5) is 5.13 Å². The predicted octanol–water partition coefficient (Wildman–Crippen LogP) is 2.55. The lowest BCUT2D eigenvalue weighted by atomic mass is 10.3. The van der Waals surface area contributed by atoms with Crippen LogP contribution in [0, 0.1) is 0 Å². The molecule has 0 bridgehead atoms. The van der Waals surface area contributed by atoms with Crippen molar-refractivity contribution in [2.24, 2.45) is 0 Å². The van der Waals surface area contributed by atoms with E-state index in [1.165, 1.54) is 11.3 Å². The first-order chi connectivity index (χ1) is 7.22. The summed E-state index contributed by atoms with van der Waals surface area (Å²) in [5.74, 6) is -0.156. The molecule has 1 aromatic heterocycles. The summed E-state index contributed by atoms with van der Waals surface area (Å²) in [4.78, 5) is 15.0. The zero-order valence-corrected chi connectivity index (χ0v) is 10.0. The molecule has 0 unspecified atom stereocenters. The van der Waals surface area contributed by atoms with Crippen molar-refractivity contribution >= 4 is 34.0 Å². The number of hydrogen-bond acceptors (Lipinski definition) is 5. The smallest absolute Gasteiger partial charge is 0.305 e. The summed E-state index contributed by atoms with van der Waals surface area (Å²) in [7, 11) is 0. The van der Waals surface area contributed by atoms with E-state index in [0.717, 1.165) is 11.6 Å². The molecule has 1 aromatic rings. The number of anilines is 1. The maximum atomic E-state index is 11.0. The van der Waals surface area contributed by atoms with E-state index in [9.17, 15) is 4.79 Å². The lowest BCUT2D eigenvalue weighted by Gasteiger charge is -2.02. The van der Waals surface area contributed by atoms with E-state index in [1.54, 1.807) is 12.3 Å². The highest BCUT2D eigenvalue weighted by Gasteiger charge is 2.02. The Morgan fingerprint density at radius 1 is 1.73 bits per heavy atom. The Hall–Kier alpha value is -0.810. The minimum atomic E-state index is -0.156. The van der Waals surface area contributed by atoms with Gasteiger partial charge in [0.2, 0.25) is 0 Å². The maximum Gasteiger partial charge on any atom is 0.305 e. The van der Waals surface area contributed by atoms with Gasteiger partial charge in [-0.3, -0.25) is 4.79 Å². The fourth-order valence-electron chi connectivity index (χ4n) is 0.997. The lowest BCUT2D eigenvalue weighted by Crippen LogP contribution is -2.08. The standard InChI is InChI=1S/C9H13ClN2O2S/c1-2-14-8(13)4-3-5-11-9-12-7(10)6-15-9/h6H,2-5H2,1H3,(H,11,12). The zero-order chi connectivity index (χ0) is 11.1. The SMILES string of the molecule is CCOC(=O)CCCNc1nc(Cl)cs1. The van der Waals surface area contributed by atoms with Crippen molar-refractivity contribution in [2.45, 2.75) is 19.8 Å². The van der Waals surface area contributed by atoms with Crippen LogP contribution < -0.4 is 5.32 Å². The molecule has 0 atom stereocenters. The molecule has 0 aliphatic carbocycles. The largest absolute Gasteiger partial charge is 0.466 e. The second kappa shape index (κ2) is 6.63. The average Bonchev–Trinajstić information content (AvgIpc) is 2.60. The molecule has 0 saturated heterocycles. The van der Waals surface area contributed by atoms with Crippen molar-refractivity contribution in [1.29, 1.82) is 0 Å². The number of halogens is 1. The molecule has 15 heavy (non-hydrogen) atoms. The van der Waals surface area contributed by atoms with Gasteiger partial charge in [0.25, 0.3) is 0 Å². The Morgan fingerprint density at radius 3 is 3.13 bits per heavy atom. The predicted molar refractivity (Wildman–Crippen MR) is 61.5 cm³/mol. The third-order valence-corrected chi connectivity index (χ3v) is 2.74. The monoisotopic (exact) mass is 248 g/mol. The molecule has 1 N–H and O–H groups in total. The van der Waals surface area contributed by atoms with E-state index in [0.29, 0.717) is 24.7 Å². The van der Waals surface area contributed by atoms with E-state index in [4.69, 9.17) is 16.3 Å². The molecular formula is C9H13ClN2O2S. The average molecular weight is 249 g/mol. The molecule has 1 rings (SSSR count). The number of ether oxygens (including phenoxy) is 1. The van der Waals surface area contributed by atoms with Gasteiger partial charge < -0.3 is 10.1 Å². The summed E-state index contributed by atoms with van der Waals surface area (Å²) in [6, 6.07) is 0. The minimum absolute atomic E-state index is 0.156. The van der Waals surface area contributed by atoms with Crippen molar-refractivity contribution in [3.63, 3.8) is 0 Å². The van der Waals surface area contributed by atoms with Gasteiger partial charge in [0, 0.05) is 18.3 Å². The van der Waals surface area contributed by atoms with Crippen LogP contribution >= 0.6 is 22.9 Å². The zero-order valence-electron chi connectivity index (χ0n) is 8.46. The Bertz CT molecular complexity index is 317. The summed E-state index contributed by atoms with van der Waals surface area (Å²) in [5.41, 5.74) is 0.